The number of allylic oxidation sites excluding steroid dienone is 4. The topological polar surface area (TPSA) is 12.9 Å². The number of hydrogen-bond donors (Lipinski definition) is 0. The average Bonchev–Trinajstić information content (AvgIpc) is 2.83. The van der Waals surface area contributed by atoms with Gasteiger partial charge >= 0.3 is 17.4 Å². The van der Waals surface area contributed by atoms with Gasteiger partial charge in [-0.1, -0.05) is 36.4 Å². The number of pyridine rings is 1. The Morgan fingerprint density at radius 3 is 2.30 bits per heavy atom. The van der Waals surface area contributed by atoms with E-state index < -0.39 is 0 Å². The zero-order valence-corrected chi connectivity index (χ0v) is 15.7. The molecule has 0 saturated carbocycles. The van der Waals surface area contributed by atoms with E-state index in [4.69, 9.17) is 0 Å². The minimum atomic E-state index is 0. The number of hydrogen-bond acceptors (Lipinski definition) is 1. The van der Waals surface area contributed by atoms with Crippen LogP contribution in [0.25, 0.3) is 0 Å². The van der Waals surface area contributed by atoms with Crippen LogP contribution in [0.15, 0.2) is 71.4 Å². The van der Waals surface area contributed by atoms with Gasteiger partial charge in [-0.2, -0.15) is 11.1 Å². The van der Waals surface area contributed by atoms with E-state index in [2.05, 4.69) is 60.4 Å². The molecular formula is C19H18Cl2CrN. The molecule has 3 rings (SSSR count). The molecular weight excluding hydrogens is 365 g/mol. The number of benzene rings is 1. The second-order valence-corrected chi connectivity index (χ2v) is 5.22. The van der Waals surface area contributed by atoms with Crippen LogP contribution in [-0.4, -0.2) is 4.98 Å². The van der Waals surface area contributed by atoms with Crippen LogP contribution >= 0.6 is 0 Å². The number of aromatic nitrogens is 1. The maximum Gasteiger partial charge on any atom is 3.00 e. The minimum Gasteiger partial charge on any atom is -1.00 e. The zero-order valence-electron chi connectivity index (χ0n) is 12.9. The number of nitrogens with zero attached hydrogens (tertiary/aromatic N) is 1. The molecule has 4 heteroatoms. The summed E-state index contributed by atoms with van der Waals surface area (Å²) in [7, 11) is 0. The van der Waals surface area contributed by atoms with E-state index in [-0.39, 0.29) is 42.2 Å². The zero-order chi connectivity index (χ0) is 13.8. The van der Waals surface area contributed by atoms with E-state index in [0.717, 1.165) is 25.0 Å². The van der Waals surface area contributed by atoms with Crippen molar-refractivity contribution in [2.45, 2.75) is 26.2 Å². The smallest absolute Gasteiger partial charge is 1.00 e. The van der Waals surface area contributed by atoms with Crippen LogP contribution < -0.4 is 24.8 Å². The minimum absolute atomic E-state index is 0. The van der Waals surface area contributed by atoms with Crippen molar-refractivity contribution in [2.75, 3.05) is 0 Å². The second kappa shape index (κ2) is 10.7. The maximum atomic E-state index is 4.41. The fraction of sp³-hybridized carbons (Fsp3) is 0.211. The van der Waals surface area contributed by atoms with E-state index in [1.165, 1.54) is 22.3 Å². The molecule has 0 aliphatic heterocycles. The Balaban J connectivity index is 0.00000161. The van der Waals surface area contributed by atoms with Crippen molar-refractivity contribution in [1.82, 2.24) is 4.98 Å². The summed E-state index contributed by atoms with van der Waals surface area (Å²) in [5.74, 6) is 0. The van der Waals surface area contributed by atoms with E-state index in [0.29, 0.717) is 0 Å². The predicted octanol–water partition coefficient (Wildman–Crippen LogP) is -1.68. The molecule has 1 heterocycles. The van der Waals surface area contributed by atoms with Crippen LogP contribution in [0.1, 0.15) is 24.6 Å². The molecule has 23 heavy (non-hydrogen) atoms. The fourth-order valence-electron chi connectivity index (χ4n) is 2.60. The van der Waals surface area contributed by atoms with Crippen molar-refractivity contribution >= 4 is 0 Å². The number of rotatable bonds is 4. The van der Waals surface area contributed by atoms with E-state index >= 15 is 0 Å². The quantitative estimate of drug-likeness (QED) is 0.576. The first-order chi connectivity index (χ1) is 9.83. The summed E-state index contributed by atoms with van der Waals surface area (Å²) in [6, 6.07) is 16.7. The molecule has 1 aliphatic carbocycles. The van der Waals surface area contributed by atoms with Crippen LogP contribution in [-0.2, 0) is 30.2 Å². The summed E-state index contributed by atoms with van der Waals surface area (Å²) in [4.78, 5) is 4.41. The van der Waals surface area contributed by atoms with Gasteiger partial charge in [0, 0.05) is 11.9 Å². The third-order valence-electron chi connectivity index (χ3n) is 3.84. The Bertz CT molecular complexity index is 607. The first-order valence-electron chi connectivity index (χ1n) is 7.05. The number of halogens is 2. The van der Waals surface area contributed by atoms with E-state index in [1.54, 1.807) is 0 Å². The third-order valence-corrected chi connectivity index (χ3v) is 3.84. The second-order valence-electron chi connectivity index (χ2n) is 5.22. The SMILES string of the molecule is CC1=C(Cc2ccccn2)C[C-]=C1Cc1ccccc1.[Cl-].[Cl-].[Cr+3]. The van der Waals surface area contributed by atoms with Crippen molar-refractivity contribution < 1.29 is 42.2 Å². The molecule has 0 atom stereocenters. The summed E-state index contributed by atoms with van der Waals surface area (Å²) in [6.07, 6.45) is 8.28. The third kappa shape index (κ3) is 5.83. The van der Waals surface area contributed by atoms with Crippen LogP contribution in [0.3, 0.4) is 0 Å². The predicted molar refractivity (Wildman–Crippen MR) is 82.2 cm³/mol. The maximum absolute atomic E-state index is 4.41. The van der Waals surface area contributed by atoms with Crippen molar-refractivity contribution in [3.8, 4) is 0 Å². The van der Waals surface area contributed by atoms with Gasteiger partial charge in [-0.15, -0.1) is 13.3 Å². The van der Waals surface area contributed by atoms with Gasteiger partial charge in [-0.3, -0.25) is 11.1 Å². The van der Waals surface area contributed by atoms with Gasteiger partial charge < -0.3 is 24.8 Å². The largest absolute Gasteiger partial charge is 3.00 e. The average molecular weight is 383 g/mol. The summed E-state index contributed by atoms with van der Waals surface area (Å²) in [5.41, 5.74) is 6.70. The van der Waals surface area contributed by atoms with E-state index in [9.17, 15) is 0 Å². The Morgan fingerprint density at radius 1 is 0.957 bits per heavy atom. The molecule has 0 bridgehead atoms. The summed E-state index contributed by atoms with van der Waals surface area (Å²) < 4.78 is 0. The van der Waals surface area contributed by atoms with E-state index in [1.807, 2.05) is 12.3 Å². The first kappa shape index (κ1) is 22.0. The van der Waals surface area contributed by atoms with Gasteiger partial charge in [-0.05, 0) is 30.5 Å². The molecule has 0 unspecified atom stereocenters. The van der Waals surface area contributed by atoms with Gasteiger partial charge in [0.05, 0.1) is 0 Å². The molecule has 1 nitrogen and oxygen atoms in total. The Hall–Kier alpha value is -1.04. The van der Waals surface area contributed by atoms with Crippen LogP contribution in [0.5, 0.6) is 0 Å². The van der Waals surface area contributed by atoms with Crippen molar-refractivity contribution in [2.24, 2.45) is 0 Å². The van der Waals surface area contributed by atoms with Gasteiger partial charge in [0.25, 0.3) is 0 Å². The van der Waals surface area contributed by atoms with Crippen LogP contribution in [0.2, 0.25) is 0 Å². The normalized spacial score (nSPS) is 12.7. The molecule has 119 valence electrons. The Labute approximate surface area is 161 Å². The Kier molecular flexibility index (Phi) is 10.2. The molecule has 0 N–H and O–H groups in total. The molecule has 0 saturated heterocycles. The standard InChI is InChI=1S/C19H18N.2ClH.Cr/c1-15-17(13-16-7-3-2-4-8-16)10-11-18(15)14-19-9-5-6-12-20-19;;;/h2-9,12H,11,13-14H2,1H3;2*1H;/q-1;;;+3/p-2. The monoisotopic (exact) mass is 382 g/mol. The fourth-order valence-corrected chi connectivity index (χ4v) is 2.60. The van der Waals surface area contributed by atoms with Crippen molar-refractivity contribution in [1.29, 1.82) is 0 Å². The van der Waals surface area contributed by atoms with Crippen molar-refractivity contribution in [3.05, 3.63) is 88.8 Å². The van der Waals surface area contributed by atoms with Gasteiger partial charge in [-0.25, -0.2) is 5.57 Å². The molecule has 2 aromatic rings. The first-order valence-corrected chi connectivity index (χ1v) is 7.05. The van der Waals surface area contributed by atoms with Gasteiger partial charge in [0.2, 0.25) is 0 Å². The van der Waals surface area contributed by atoms with Crippen LogP contribution in [0, 0.1) is 6.08 Å². The van der Waals surface area contributed by atoms with Crippen LogP contribution in [0.4, 0.5) is 0 Å². The van der Waals surface area contributed by atoms with Crippen molar-refractivity contribution in [3.63, 3.8) is 0 Å². The Morgan fingerprint density at radius 2 is 1.65 bits per heavy atom. The van der Waals surface area contributed by atoms with Gasteiger partial charge in [0.15, 0.2) is 0 Å². The summed E-state index contributed by atoms with van der Waals surface area (Å²) >= 11 is 0. The molecule has 0 fully saturated rings. The summed E-state index contributed by atoms with van der Waals surface area (Å²) in [5, 5.41) is 0. The summed E-state index contributed by atoms with van der Waals surface area (Å²) in [6.45, 7) is 2.22. The molecule has 1 aliphatic rings. The molecule has 1 radical (unpaired) electrons. The van der Waals surface area contributed by atoms with Gasteiger partial charge in [0.1, 0.15) is 0 Å². The molecule has 0 spiro atoms. The molecule has 0 amide bonds. The molecule has 1 aromatic carbocycles. The molecule has 1 aromatic heterocycles.